The number of nitrogens with one attached hydrogen (secondary N) is 1. The van der Waals surface area contributed by atoms with Crippen LogP contribution < -0.4 is 5.73 Å². The molecule has 0 radical (unpaired) electrons. The molecular weight excluding hydrogens is 202 g/mol. The van der Waals surface area contributed by atoms with Gasteiger partial charge in [0.05, 0.1) is 6.10 Å². The number of likely N-dealkylation sites (tertiary alicyclic amines) is 1. The molecule has 1 unspecified atom stereocenters. The minimum Gasteiger partial charge on any atom is -0.392 e. The van der Waals surface area contributed by atoms with Crippen molar-refractivity contribution in [3.05, 3.63) is 35.4 Å². The zero-order chi connectivity index (χ0) is 11.5. The van der Waals surface area contributed by atoms with E-state index < -0.39 is 0 Å². The Kier molecular flexibility index (Phi) is 3.22. The molecule has 1 aliphatic rings. The number of nitrogens with two attached hydrogens (primary N) is 1. The second-order valence-corrected chi connectivity index (χ2v) is 4.29. The number of nitrogens with zero attached hydrogens (tertiary/aromatic N) is 1. The van der Waals surface area contributed by atoms with Gasteiger partial charge in [-0.2, -0.15) is 0 Å². The molecule has 1 fully saturated rings. The molecule has 0 aromatic heterocycles. The Hall–Kier alpha value is -1.39. The van der Waals surface area contributed by atoms with E-state index in [1.54, 1.807) is 0 Å². The Morgan fingerprint density at radius 3 is 3.00 bits per heavy atom. The van der Waals surface area contributed by atoms with Crippen LogP contribution in [0, 0.1) is 5.41 Å². The minimum atomic E-state index is -0.184. The van der Waals surface area contributed by atoms with E-state index in [1.807, 2.05) is 24.3 Å². The van der Waals surface area contributed by atoms with E-state index in [4.69, 9.17) is 11.1 Å². The third kappa shape index (κ3) is 2.59. The van der Waals surface area contributed by atoms with E-state index in [9.17, 15) is 5.11 Å². The first-order valence-electron chi connectivity index (χ1n) is 5.49. The van der Waals surface area contributed by atoms with Gasteiger partial charge in [0.15, 0.2) is 0 Å². The first-order valence-corrected chi connectivity index (χ1v) is 5.49. The van der Waals surface area contributed by atoms with Crippen molar-refractivity contribution < 1.29 is 5.11 Å². The first kappa shape index (κ1) is 11.1. The summed E-state index contributed by atoms with van der Waals surface area (Å²) in [6.45, 7) is 2.49. The van der Waals surface area contributed by atoms with Crippen LogP contribution in [0.2, 0.25) is 0 Å². The number of benzene rings is 1. The number of nitrogen functional groups attached to an aromatic ring is 1. The Morgan fingerprint density at radius 2 is 2.38 bits per heavy atom. The van der Waals surface area contributed by atoms with Crippen molar-refractivity contribution in [1.82, 2.24) is 4.90 Å². The second-order valence-electron chi connectivity index (χ2n) is 4.29. The maximum absolute atomic E-state index is 9.42. The monoisotopic (exact) mass is 219 g/mol. The van der Waals surface area contributed by atoms with Gasteiger partial charge in [-0.05, 0) is 18.1 Å². The number of amidine groups is 1. The molecule has 1 aliphatic heterocycles. The summed E-state index contributed by atoms with van der Waals surface area (Å²) in [4.78, 5) is 2.21. The summed E-state index contributed by atoms with van der Waals surface area (Å²) in [6, 6.07) is 7.72. The molecule has 1 aromatic rings. The SMILES string of the molecule is N=C(N)c1cccc(CN2CCC(O)C2)c1. The van der Waals surface area contributed by atoms with E-state index in [0.717, 1.165) is 37.2 Å². The lowest BCUT2D eigenvalue weighted by atomic mass is 10.1. The fourth-order valence-corrected chi connectivity index (χ4v) is 2.05. The molecule has 0 spiro atoms. The van der Waals surface area contributed by atoms with Gasteiger partial charge in [-0.3, -0.25) is 10.3 Å². The van der Waals surface area contributed by atoms with Crippen LogP contribution in [-0.4, -0.2) is 35.0 Å². The average molecular weight is 219 g/mol. The highest BCUT2D eigenvalue weighted by molar-refractivity contribution is 5.95. The predicted octanol–water partition coefficient (Wildman–Crippen LogP) is 0.537. The fraction of sp³-hybridized carbons (Fsp3) is 0.417. The zero-order valence-electron chi connectivity index (χ0n) is 9.19. The van der Waals surface area contributed by atoms with Gasteiger partial charge in [0, 0.05) is 25.2 Å². The maximum atomic E-state index is 9.42. The Bertz CT molecular complexity index is 392. The molecule has 16 heavy (non-hydrogen) atoms. The Labute approximate surface area is 95.2 Å². The predicted molar refractivity (Wildman–Crippen MR) is 63.4 cm³/mol. The van der Waals surface area contributed by atoms with Crippen LogP contribution in [0.3, 0.4) is 0 Å². The average Bonchev–Trinajstić information content (AvgIpc) is 2.64. The summed E-state index contributed by atoms with van der Waals surface area (Å²) in [5.74, 6) is 0.100. The van der Waals surface area contributed by atoms with Crippen LogP contribution in [-0.2, 0) is 6.54 Å². The van der Waals surface area contributed by atoms with Crippen molar-refractivity contribution in [2.24, 2.45) is 5.73 Å². The van der Waals surface area contributed by atoms with Gasteiger partial charge < -0.3 is 10.8 Å². The number of hydrogen-bond donors (Lipinski definition) is 3. The van der Waals surface area contributed by atoms with Crippen molar-refractivity contribution in [2.45, 2.75) is 19.1 Å². The molecule has 86 valence electrons. The number of aliphatic hydroxyl groups excluding tert-OH is 1. The highest BCUT2D eigenvalue weighted by Gasteiger charge is 2.19. The molecule has 0 aliphatic carbocycles. The zero-order valence-corrected chi connectivity index (χ0v) is 9.19. The summed E-state index contributed by atoms with van der Waals surface area (Å²) >= 11 is 0. The lowest BCUT2D eigenvalue weighted by Gasteiger charge is -2.15. The van der Waals surface area contributed by atoms with Gasteiger partial charge in [-0.1, -0.05) is 18.2 Å². The molecule has 1 atom stereocenters. The third-order valence-electron chi connectivity index (χ3n) is 2.89. The standard InChI is InChI=1S/C12H17N3O/c13-12(14)10-3-1-2-9(6-10)7-15-5-4-11(16)8-15/h1-3,6,11,16H,4-5,7-8H2,(H3,13,14). The normalized spacial score (nSPS) is 21.2. The Morgan fingerprint density at radius 1 is 1.56 bits per heavy atom. The number of rotatable bonds is 3. The molecule has 0 saturated carbocycles. The van der Waals surface area contributed by atoms with Crippen molar-refractivity contribution >= 4 is 5.84 Å². The minimum absolute atomic E-state index is 0.100. The van der Waals surface area contributed by atoms with Crippen LogP contribution in [0.4, 0.5) is 0 Å². The molecule has 1 heterocycles. The van der Waals surface area contributed by atoms with Crippen LogP contribution in [0.25, 0.3) is 0 Å². The van der Waals surface area contributed by atoms with Crippen molar-refractivity contribution in [1.29, 1.82) is 5.41 Å². The molecular formula is C12H17N3O. The maximum Gasteiger partial charge on any atom is 0.122 e. The Balaban J connectivity index is 2.04. The lowest BCUT2D eigenvalue weighted by Crippen LogP contribution is -2.21. The number of hydrogen-bond acceptors (Lipinski definition) is 3. The highest BCUT2D eigenvalue weighted by Crippen LogP contribution is 2.14. The van der Waals surface area contributed by atoms with Crippen LogP contribution in [0.15, 0.2) is 24.3 Å². The summed E-state index contributed by atoms with van der Waals surface area (Å²) in [5, 5.41) is 16.8. The molecule has 4 nitrogen and oxygen atoms in total. The van der Waals surface area contributed by atoms with E-state index in [-0.39, 0.29) is 11.9 Å². The summed E-state index contributed by atoms with van der Waals surface area (Å²) < 4.78 is 0. The lowest BCUT2D eigenvalue weighted by molar-refractivity contribution is 0.175. The van der Waals surface area contributed by atoms with Crippen LogP contribution in [0.5, 0.6) is 0 Å². The number of aliphatic hydroxyl groups is 1. The van der Waals surface area contributed by atoms with E-state index in [2.05, 4.69) is 4.90 Å². The molecule has 1 aromatic carbocycles. The van der Waals surface area contributed by atoms with Crippen molar-refractivity contribution in [2.75, 3.05) is 13.1 Å². The van der Waals surface area contributed by atoms with Gasteiger partial charge >= 0.3 is 0 Å². The summed E-state index contributed by atoms with van der Waals surface area (Å²) in [7, 11) is 0. The highest BCUT2D eigenvalue weighted by atomic mass is 16.3. The largest absolute Gasteiger partial charge is 0.392 e. The van der Waals surface area contributed by atoms with Crippen molar-refractivity contribution in [3.63, 3.8) is 0 Å². The van der Waals surface area contributed by atoms with Crippen LogP contribution >= 0.6 is 0 Å². The van der Waals surface area contributed by atoms with E-state index in [0.29, 0.717) is 0 Å². The second kappa shape index (κ2) is 4.63. The van der Waals surface area contributed by atoms with Crippen LogP contribution in [0.1, 0.15) is 17.5 Å². The third-order valence-corrected chi connectivity index (χ3v) is 2.89. The van der Waals surface area contributed by atoms with E-state index >= 15 is 0 Å². The fourth-order valence-electron chi connectivity index (χ4n) is 2.05. The summed E-state index contributed by atoms with van der Waals surface area (Å²) in [5.41, 5.74) is 7.34. The quantitative estimate of drug-likeness (QED) is 0.513. The summed E-state index contributed by atoms with van der Waals surface area (Å²) in [6.07, 6.45) is 0.669. The molecule has 4 heteroatoms. The molecule has 2 rings (SSSR count). The van der Waals surface area contributed by atoms with Crippen molar-refractivity contribution in [3.8, 4) is 0 Å². The molecule has 1 saturated heterocycles. The van der Waals surface area contributed by atoms with Gasteiger partial charge in [-0.15, -0.1) is 0 Å². The van der Waals surface area contributed by atoms with Gasteiger partial charge in [0.1, 0.15) is 5.84 Å². The first-order chi connectivity index (χ1) is 7.65. The molecule has 0 amide bonds. The molecule has 0 bridgehead atoms. The van der Waals surface area contributed by atoms with Gasteiger partial charge in [0.2, 0.25) is 0 Å². The molecule has 4 N–H and O–H groups in total. The van der Waals surface area contributed by atoms with E-state index in [1.165, 1.54) is 0 Å². The smallest absolute Gasteiger partial charge is 0.122 e. The van der Waals surface area contributed by atoms with Gasteiger partial charge in [-0.25, -0.2) is 0 Å². The number of β-amino-alcohol motifs (C(OH)–C–C–N with tert-alkyl or cyclic N) is 1. The van der Waals surface area contributed by atoms with Gasteiger partial charge in [0.25, 0.3) is 0 Å². The topological polar surface area (TPSA) is 73.3 Å².